The number of fused-ring (bicyclic) bond motifs is 5. The average molecular weight is 454 g/mol. The molecule has 0 bridgehead atoms. The Hall–Kier alpha value is -3.91. The molecule has 35 heavy (non-hydrogen) atoms. The van der Waals surface area contributed by atoms with Crippen molar-refractivity contribution in [1.29, 1.82) is 0 Å². The molecule has 0 N–H and O–H groups in total. The molecule has 170 valence electrons. The van der Waals surface area contributed by atoms with Gasteiger partial charge in [-0.2, -0.15) is 0 Å². The molecule has 0 aliphatic heterocycles. The van der Waals surface area contributed by atoms with E-state index in [2.05, 4.69) is 123 Å². The molecule has 0 saturated carbocycles. The van der Waals surface area contributed by atoms with Crippen LogP contribution in [0.2, 0.25) is 0 Å². The lowest BCUT2D eigenvalue weighted by atomic mass is 9.93. The van der Waals surface area contributed by atoms with Crippen molar-refractivity contribution in [2.45, 2.75) is 33.6 Å². The van der Waals surface area contributed by atoms with E-state index in [9.17, 15) is 0 Å². The summed E-state index contributed by atoms with van der Waals surface area (Å²) in [6, 6.07) is 27.1. The number of hydrogen-bond donors (Lipinski definition) is 0. The first-order chi connectivity index (χ1) is 17.0. The van der Waals surface area contributed by atoms with Crippen LogP contribution in [-0.4, -0.2) is 4.40 Å². The van der Waals surface area contributed by atoms with Gasteiger partial charge in [0.15, 0.2) is 6.20 Å². The summed E-state index contributed by atoms with van der Waals surface area (Å²) in [6.45, 7) is 9.13. The fourth-order valence-corrected chi connectivity index (χ4v) is 6.17. The zero-order valence-corrected chi connectivity index (χ0v) is 21.0. The molecule has 0 spiro atoms. The molecule has 4 aromatic carbocycles. The Morgan fingerprint density at radius 3 is 2.34 bits per heavy atom. The van der Waals surface area contributed by atoms with Gasteiger partial charge in [0, 0.05) is 16.8 Å². The van der Waals surface area contributed by atoms with E-state index in [0.717, 1.165) is 0 Å². The molecule has 2 nitrogen and oxygen atoms in total. The van der Waals surface area contributed by atoms with E-state index in [-0.39, 0.29) is 0 Å². The van der Waals surface area contributed by atoms with Crippen molar-refractivity contribution >= 4 is 49.0 Å². The second-order valence-electron chi connectivity index (χ2n) is 10.4. The summed E-state index contributed by atoms with van der Waals surface area (Å²) in [5.41, 5.74) is 11.9. The quantitative estimate of drug-likeness (QED) is 0.142. The van der Waals surface area contributed by atoms with Crippen LogP contribution in [-0.2, 0) is 7.05 Å². The van der Waals surface area contributed by atoms with Crippen molar-refractivity contribution in [2.75, 3.05) is 0 Å². The van der Waals surface area contributed by atoms with Crippen LogP contribution in [0.5, 0.6) is 0 Å². The molecule has 0 unspecified atom stereocenters. The number of nitrogens with zero attached hydrogens (tertiary/aromatic N) is 2. The predicted octanol–water partition coefficient (Wildman–Crippen LogP) is 8.22. The first-order valence-corrected chi connectivity index (χ1v) is 12.6. The van der Waals surface area contributed by atoms with Crippen molar-refractivity contribution in [1.82, 2.24) is 4.40 Å². The van der Waals surface area contributed by atoms with E-state index < -0.39 is 0 Å². The largest absolute Gasteiger partial charge is 0.307 e. The fourth-order valence-electron chi connectivity index (χ4n) is 6.17. The smallest absolute Gasteiger partial charge is 0.224 e. The van der Waals surface area contributed by atoms with Gasteiger partial charge >= 0.3 is 0 Å². The van der Waals surface area contributed by atoms with Gasteiger partial charge in [0.25, 0.3) is 0 Å². The molecular formula is C33H29N2+. The highest BCUT2D eigenvalue weighted by Gasteiger charge is 2.26. The van der Waals surface area contributed by atoms with Crippen LogP contribution in [0, 0.1) is 13.8 Å². The van der Waals surface area contributed by atoms with Crippen LogP contribution in [0.25, 0.3) is 60.1 Å². The topological polar surface area (TPSA) is 8.29 Å². The van der Waals surface area contributed by atoms with Crippen LogP contribution in [0.3, 0.4) is 0 Å². The minimum absolute atomic E-state index is 0.464. The van der Waals surface area contributed by atoms with Crippen molar-refractivity contribution in [3.8, 4) is 11.1 Å². The number of rotatable bonds is 2. The maximum Gasteiger partial charge on any atom is 0.224 e. The molecule has 0 radical (unpaired) electrons. The van der Waals surface area contributed by atoms with Crippen LogP contribution >= 0.6 is 0 Å². The van der Waals surface area contributed by atoms with Gasteiger partial charge in [0.1, 0.15) is 7.05 Å². The average Bonchev–Trinajstić information content (AvgIpc) is 3.20. The third kappa shape index (κ3) is 2.63. The molecule has 3 heterocycles. The minimum Gasteiger partial charge on any atom is -0.307 e. The van der Waals surface area contributed by atoms with E-state index in [1.807, 2.05) is 0 Å². The molecule has 2 heteroatoms. The Kier molecular flexibility index (Phi) is 4.12. The second kappa shape index (κ2) is 7.05. The lowest BCUT2D eigenvalue weighted by molar-refractivity contribution is -0.643. The third-order valence-electron chi connectivity index (χ3n) is 8.06. The van der Waals surface area contributed by atoms with Crippen LogP contribution in [0.1, 0.15) is 36.5 Å². The molecule has 0 aliphatic carbocycles. The van der Waals surface area contributed by atoms with Gasteiger partial charge in [0.05, 0.1) is 27.3 Å². The summed E-state index contributed by atoms with van der Waals surface area (Å²) in [6.07, 6.45) is 2.23. The highest BCUT2D eigenvalue weighted by Crippen LogP contribution is 2.44. The molecule has 0 saturated heterocycles. The van der Waals surface area contributed by atoms with Gasteiger partial charge in [-0.25, -0.2) is 4.57 Å². The second-order valence-corrected chi connectivity index (χ2v) is 10.4. The van der Waals surface area contributed by atoms with Crippen molar-refractivity contribution < 1.29 is 4.57 Å². The highest BCUT2D eigenvalue weighted by molar-refractivity contribution is 6.28. The van der Waals surface area contributed by atoms with Gasteiger partial charge < -0.3 is 4.40 Å². The van der Waals surface area contributed by atoms with Gasteiger partial charge in [-0.05, 0) is 71.2 Å². The Morgan fingerprint density at radius 2 is 1.57 bits per heavy atom. The first kappa shape index (κ1) is 20.5. The summed E-state index contributed by atoms with van der Waals surface area (Å²) in [7, 11) is 2.19. The predicted molar refractivity (Wildman–Crippen MR) is 149 cm³/mol. The lowest BCUT2D eigenvalue weighted by Crippen LogP contribution is -2.29. The number of pyridine rings is 2. The highest BCUT2D eigenvalue weighted by atomic mass is 15.0. The lowest BCUT2D eigenvalue weighted by Gasteiger charge is -2.16. The van der Waals surface area contributed by atoms with E-state index >= 15 is 0 Å². The Morgan fingerprint density at radius 1 is 0.771 bits per heavy atom. The first-order valence-electron chi connectivity index (χ1n) is 12.6. The Balaban J connectivity index is 1.87. The summed E-state index contributed by atoms with van der Waals surface area (Å²) >= 11 is 0. The molecular weight excluding hydrogens is 424 g/mol. The maximum atomic E-state index is 2.56. The van der Waals surface area contributed by atoms with Crippen molar-refractivity contribution in [3.63, 3.8) is 0 Å². The zero-order chi connectivity index (χ0) is 24.0. The molecule has 7 rings (SSSR count). The summed E-state index contributed by atoms with van der Waals surface area (Å²) in [4.78, 5) is 0. The number of hydrogen-bond acceptors (Lipinski definition) is 0. The van der Waals surface area contributed by atoms with E-state index in [0.29, 0.717) is 5.92 Å². The molecule has 0 fully saturated rings. The summed E-state index contributed by atoms with van der Waals surface area (Å²) in [5.74, 6) is 0.464. The van der Waals surface area contributed by atoms with Crippen molar-refractivity contribution in [3.05, 3.63) is 95.7 Å². The van der Waals surface area contributed by atoms with Gasteiger partial charge in [0.2, 0.25) is 5.52 Å². The molecule has 0 aliphatic rings. The number of aryl methyl sites for hydroxylation is 3. The van der Waals surface area contributed by atoms with Gasteiger partial charge in [-0.15, -0.1) is 0 Å². The molecule has 0 amide bonds. The minimum atomic E-state index is 0.464. The Labute approximate surface area is 205 Å². The van der Waals surface area contributed by atoms with Gasteiger partial charge in [-0.1, -0.05) is 62.4 Å². The van der Waals surface area contributed by atoms with E-state index in [1.54, 1.807) is 0 Å². The zero-order valence-electron chi connectivity index (χ0n) is 21.0. The Bertz CT molecular complexity index is 1940. The molecule has 3 aromatic heterocycles. The van der Waals surface area contributed by atoms with Crippen LogP contribution < -0.4 is 4.57 Å². The number of aromatic nitrogens is 2. The van der Waals surface area contributed by atoms with Gasteiger partial charge in [-0.3, -0.25) is 0 Å². The van der Waals surface area contributed by atoms with Crippen LogP contribution in [0.15, 0.2) is 79.0 Å². The summed E-state index contributed by atoms with van der Waals surface area (Å²) < 4.78 is 4.88. The third-order valence-corrected chi connectivity index (χ3v) is 8.06. The number of benzene rings is 4. The molecule has 7 aromatic rings. The van der Waals surface area contributed by atoms with E-state index in [4.69, 9.17) is 0 Å². The van der Waals surface area contributed by atoms with E-state index in [1.165, 1.54) is 76.8 Å². The normalized spacial score (nSPS) is 12.4. The fraction of sp³-hybridized carbons (Fsp3) is 0.182. The monoisotopic (exact) mass is 453 g/mol. The standard InChI is InChI=1S/C33H29N2/c1-19(2)24-17-23-14-15-34(5)33-29-21(4)20(3)16-26-31-25(22-10-7-6-8-11-22)12-9-13-27(31)35(32(26)29)28(18-24)30(23)33/h6-19H,1-5H3/q+1. The van der Waals surface area contributed by atoms with Crippen LogP contribution in [0.4, 0.5) is 0 Å². The molecule has 0 atom stereocenters. The SMILES string of the molecule is Cc1cc2c3c(-c4ccccc4)cccc3n3c4cc(C(C)C)cc5cc[n+](C)c(c(c1C)c23)c54. The summed E-state index contributed by atoms with van der Waals surface area (Å²) in [5, 5.41) is 6.73. The maximum absolute atomic E-state index is 2.56. The van der Waals surface area contributed by atoms with Crippen molar-refractivity contribution in [2.24, 2.45) is 7.05 Å².